The van der Waals surface area contributed by atoms with E-state index in [1.54, 1.807) is 48.5 Å². The molecular weight excluding hydrogens is 470 g/mol. The third-order valence-electron chi connectivity index (χ3n) is 4.94. The second-order valence-corrected chi connectivity index (χ2v) is 7.79. The summed E-state index contributed by atoms with van der Waals surface area (Å²) in [6.07, 6.45) is 0. The number of carbonyl (C=O) groups excluding carboxylic acids is 2. The molecule has 0 bridgehead atoms. The predicted octanol–water partition coefficient (Wildman–Crippen LogP) is 6.21. The van der Waals surface area contributed by atoms with Crippen LogP contribution < -0.4 is 9.47 Å². The van der Waals surface area contributed by atoms with Crippen LogP contribution in [0, 0.1) is 11.6 Å². The Morgan fingerprint density at radius 2 is 0.972 bits per heavy atom. The number of benzene rings is 3. The summed E-state index contributed by atoms with van der Waals surface area (Å²) in [4.78, 5) is 22.7. The van der Waals surface area contributed by atoms with Crippen LogP contribution in [0.15, 0.2) is 85.0 Å². The minimum Gasteiger partial charge on any atom is -0.457 e. The van der Waals surface area contributed by atoms with E-state index in [4.69, 9.17) is 18.9 Å². The van der Waals surface area contributed by atoms with Crippen molar-refractivity contribution in [2.45, 2.75) is 13.8 Å². The fourth-order valence-corrected chi connectivity index (χ4v) is 3.01. The van der Waals surface area contributed by atoms with Crippen molar-refractivity contribution < 1.29 is 37.3 Å². The zero-order chi connectivity index (χ0) is 26.2. The Balaban J connectivity index is 1.67. The van der Waals surface area contributed by atoms with E-state index in [2.05, 4.69) is 13.2 Å². The molecule has 0 spiro atoms. The molecule has 0 aliphatic rings. The van der Waals surface area contributed by atoms with E-state index in [1.165, 1.54) is 26.0 Å². The van der Waals surface area contributed by atoms with E-state index in [0.717, 1.165) is 0 Å². The highest BCUT2D eigenvalue weighted by molar-refractivity contribution is 5.87. The van der Waals surface area contributed by atoms with Gasteiger partial charge < -0.3 is 18.9 Å². The summed E-state index contributed by atoms with van der Waals surface area (Å²) >= 11 is 0. The predicted molar refractivity (Wildman–Crippen MR) is 130 cm³/mol. The number of carbonyl (C=O) groups is 2. The molecule has 0 aliphatic carbocycles. The Kier molecular flexibility index (Phi) is 8.57. The molecule has 0 N–H and O–H groups in total. The quantitative estimate of drug-likeness (QED) is 0.190. The summed E-state index contributed by atoms with van der Waals surface area (Å²) in [5, 5.41) is 0. The molecule has 6 nitrogen and oxygen atoms in total. The lowest BCUT2D eigenvalue weighted by Gasteiger charge is -2.11. The SMILES string of the molecule is C=C(C)C(=O)OCOc1ccc(-c2ccc(-c3ccc(OCOC(=O)C(=C)C)cc3)c(F)c2F)cc1. The zero-order valence-electron chi connectivity index (χ0n) is 19.8. The van der Waals surface area contributed by atoms with E-state index < -0.39 is 23.6 Å². The second kappa shape index (κ2) is 11.8. The van der Waals surface area contributed by atoms with Gasteiger partial charge in [-0.25, -0.2) is 18.4 Å². The minimum absolute atomic E-state index is 0.0794. The number of halogens is 2. The number of rotatable bonds is 10. The van der Waals surface area contributed by atoms with Crippen LogP contribution >= 0.6 is 0 Å². The van der Waals surface area contributed by atoms with Crippen LogP contribution in [-0.4, -0.2) is 25.5 Å². The monoisotopic (exact) mass is 494 g/mol. The Morgan fingerprint density at radius 1 is 0.639 bits per heavy atom. The van der Waals surface area contributed by atoms with Crippen molar-refractivity contribution >= 4 is 11.9 Å². The topological polar surface area (TPSA) is 71.1 Å². The number of hydrogen-bond donors (Lipinski definition) is 0. The average Bonchev–Trinajstić information content (AvgIpc) is 2.86. The summed E-state index contributed by atoms with van der Waals surface area (Å²) in [7, 11) is 0. The Hall–Kier alpha value is -4.46. The largest absolute Gasteiger partial charge is 0.457 e. The summed E-state index contributed by atoms with van der Waals surface area (Å²) in [5.41, 5.74) is 1.54. The van der Waals surface area contributed by atoms with Crippen LogP contribution in [-0.2, 0) is 19.1 Å². The molecule has 3 aromatic carbocycles. The lowest BCUT2D eigenvalue weighted by Crippen LogP contribution is -2.10. The molecule has 0 fully saturated rings. The molecular formula is C28H24F2O6. The summed E-state index contributed by atoms with van der Waals surface area (Å²) < 4.78 is 50.2. The summed E-state index contributed by atoms with van der Waals surface area (Å²) in [5.74, 6) is -2.36. The zero-order valence-corrected chi connectivity index (χ0v) is 19.8. The number of esters is 2. The molecule has 8 heteroatoms. The van der Waals surface area contributed by atoms with Crippen LogP contribution in [0.4, 0.5) is 8.78 Å². The maximum Gasteiger partial charge on any atom is 0.335 e. The molecule has 0 amide bonds. The second-order valence-electron chi connectivity index (χ2n) is 7.79. The number of ether oxygens (including phenoxy) is 4. The number of hydrogen-bond acceptors (Lipinski definition) is 6. The first kappa shape index (κ1) is 26.2. The van der Waals surface area contributed by atoms with Gasteiger partial charge in [-0.2, -0.15) is 0 Å². The lowest BCUT2D eigenvalue weighted by molar-refractivity contribution is -0.146. The molecule has 0 aliphatic heterocycles. The summed E-state index contributed by atoms with van der Waals surface area (Å²) in [6, 6.07) is 15.5. The lowest BCUT2D eigenvalue weighted by atomic mass is 9.98. The fraction of sp³-hybridized carbons (Fsp3) is 0.143. The van der Waals surface area contributed by atoms with Crippen molar-refractivity contribution in [3.8, 4) is 33.8 Å². The first-order chi connectivity index (χ1) is 17.2. The van der Waals surface area contributed by atoms with Crippen LogP contribution in [0.3, 0.4) is 0 Å². The molecule has 0 aromatic heterocycles. The highest BCUT2D eigenvalue weighted by atomic mass is 19.2. The van der Waals surface area contributed by atoms with Gasteiger partial charge in [0.05, 0.1) is 0 Å². The van der Waals surface area contributed by atoms with Gasteiger partial charge in [-0.05, 0) is 49.2 Å². The first-order valence-electron chi connectivity index (χ1n) is 10.8. The van der Waals surface area contributed by atoms with E-state index in [0.29, 0.717) is 22.6 Å². The van der Waals surface area contributed by atoms with Gasteiger partial charge in [0.15, 0.2) is 11.6 Å². The van der Waals surface area contributed by atoms with Gasteiger partial charge in [-0.3, -0.25) is 0 Å². The normalized spacial score (nSPS) is 10.3. The minimum atomic E-state index is -0.997. The van der Waals surface area contributed by atoms with Crippen LogP contribution in [0.2, 0.25) is 0 Å². The van der Waals surface area contributed by atoms with E-state index in [-0.39, 0.29) is 35.9 Å². The highest BCUT2D eigenvalue weighted by Crippen LogP contribution is 2.33. The molecule has 0 heterocycles. The molecule has 0 atom stereocenters. The Bertz CT molecular complexity index is 1180. The van der Waals surface area contributed by atoms with Gasteiger partial charge in [-0.15, -0.1) is 0 Å². The molecule has 0 saturated carbocycles. The Morgan fingerprint density at radius 3 is 1.28 bits per heavy atom. The van der Waals surface area contributed by atoms with Gasteiger partial charge in [0.2, 0.25) is 13.6 Å². The maximum atomic E-state index is 14.9. The molecule has 186 valence electrons. The standard InChI is InChI=1S/C28H24F2O6/c1-17(2)27(31)35-15-33-21-9-5-19(6-10-21)23-13-14-24(26(30)25(23)29)20-7-11-22(12-8-20)34-16-36-28(32)18(3)4/h5-14H,1,3,15-16H2,2,4H3. The van der Waals surface area contributed by atoms with Gasteiger partial charge in [0.1, 0.15) is 11.5 Å². The maximum absolute atomic E-state index is 14.9. The molecule has 0 unspecified atom stereocenters. The van der Waals surface area contributed by atoms with Gasteiger partial charge in [0.25, 0.3) is 0 Å². The fourth-order valence-electron chi connectivity index (χ4n) is 3.01. The molecule has 0 radical (unpaired) electrons. The van der Waals surface area contributed by atoms with E-state index >= 15 is 0 Å². The van der Waals surface area contributed by atoms with Crippen LogP contribution in [0.5, 0.6) is 11.5 Å². The third-order valence-corrected chi connectivity index (χ3v) is 4.94. The van der Waals surface area contributed by atoms with Crippen LogP contribution in [0.25, 0.3) is 22.3 Å². The third kappa shape index (κ3) is 6.56. The highest BCUT2D eigenvalue weighted by Gasteiger charge is 2.16. The molecule has 36 heavy (non-hydrogen) atoms. The van der Waals surface area contributed by atoms with Gasteiger partial charge >= 0.3 is 11.9 Å². The first-order valence-corrected chi connectivity index (χ1v) is 10.8. The van der Waals surface area contributed by atoms with Gasteiger partial charge in [0, 0.05) is 22.3 Å². The summed E-state index contributed by atoms with van der Waals surface area (Å²) in [6.45, 7) is 9.39. The smallest absolute Gasteiger partial charge is 0.335 e. The van der Waals surface area contributed by atoms with Crippen molar-refractivity contribution in [3.05, 3.63) is 96.6 Å². The van der Waals surface area contributed by atoms with Crippen molar-refractivity contribution in [2.75, 3.05) is 13.6 Å². The van der Waals surface area contributed by atoms with E-state index in [9.17, 15) is 18.4 Å². The van der Waals surface area contributed by atoms with Crippen LogP contribution in [0.1, 0.15) is 13.8 Å². The molecule has 3 rings (SSSR count). The van der Waals surface area contributed by atoms with Crippen molar-refractivity contribution in [1.82, 2.24) is 0 Å². The molecule has 3 aromatic rings. The van der Waals surface area contributed by atoms with Gasteiger partial charge in [-0.1, -0.05) is 49.6 Å². The van der Waals surface area contributed by atoms with Crippen molar-refractivity contribution in [2.24, 2.45) is 0 Å². The van der Waals surface area contributed by atoms with E-state index in [1.807, 2.05) is 0 Å². The Labute approximate surface area is 207 Å². The average molecular weight is 494 g/mol. The van der Waals surface area contributed by atoms with Crippen molar-refractivity contribution in [3.63, 3.8) is 0 Å². The molecule has 0 saturated heterocycles. The van der Waals surface area contributed by atoms with Crippen molar-refractivity contribution in [1.29, 1.82) is 0 Å².